The Bertz CT molecular complexity index is 1110. The number of rotatable bonds is 9. The van der Waals surface area contributed by atoms with Gasteiger partial charge in [-0.3, -0.25) is 4.79 Å². The van der Waals surface area contributed by atoms with Crippen LogP contribution in [0, 0.1) is 0 Å². The Hall–Kier alpha value is -2.86. The van der Waals surface area contributed by atoms with E-state index in [9.17, 15) is 4.79 Å². The van der Waals surface area contributed by atoms with Crippen molar-refractivity contribution in [3.63, 3.8) is 0 Å². The molecule has 2 heterocycles. The number of thioether (sulfide) groups is 1. The maximum Gasteiger partial charge on any atom is 0.319 e. The number of benzene rings is 2. The van der Waals surface area contributed by atoms with Gasteiger partial charge in [-0.1, -0.05) is 43.3 Å². The molecule has 168 valence electrons. The third-order valence-corrected chi connectivity index (χ3v) is 6.59. The van der Waals surface area contributed by atoms with Gasteiger partial charge < -0.3 is 19.2 Å². The monoisotopic (exact) mass is 451 g/mol. The summed E-state index contributed by atoms with van der Waals surface area (Å²) in [5.41, 5.74) is 3.40. The summed E-state index contributed by atoms with van der Waals surface area (Å²) in [5, 5.41) is 4.32. The van der Waals surface area contributed by atoms with Gasteiger partial charge in [-0.25, -0.2) is 0 Å². The molecule has 32 heavy (non-hydrogen) atoms. The van der Waals surface area contributed by atoms with E-state index in [0.717, 1.165) is 39.3 Å². The predicted octanol–water partition coefficient (Wildman–Crippen LogP) is 5.54. The van der Waals surface area contributed by atoms with Crippen LogP contribution < -0.4 is 5.32 Å². The summed E-state index contributed by atoms with van der Waals surface area (Å²) in [4.78, 5) is 12.3. The largest absolute Gasteiger partial charge is 0.470 e. The molecule has 0 spiro atoms. The molecule has 0 saturated heterocycles. The Morgan fingerprint density at radius 2 is 1.97 bits per heavy atom. The van der Waals surface area contributed by atoms with Crippen molar-refractivity contribution in [3.8, 4) is 0 Å². The van der Waals surface area contributed by atoms with E-state index in [0.29, 0.717) is 19.4 Å². The van der Waals surface area contributed by atoms with Crippen LogP contribution in [0.4, 0.5) is 0 Å². The molecule has 0 aliphatic carbocycles. The number of hydrogen-bond acceptors (Lipinski definition) is 6. The van der Waals surface area contributed by atoms with Crippen LogP contribution in [0.15, 0.2) is 71.0 Å². The van der Waals surface area contributed by atoms with Gasteiger partial charge in [-0.15, -0.1) is 11.8 Å². The van der Waals surface area contributed by atoms with E-state index >= 15 is 0 Å². The van der Waals surface area contributed by atoms with Crippen molar-refractivity contribution < 1.29 is 18.7 Å². The lowest BCUT2D eigenvalue weighted by atomic mass is 10.0. The molecule has 2 unspecified atom stereocenters. The quantitative estimate of drug-likeness (QED) is 0.431. The summed E-state index contributed by atoms with van der Waals surface area (Å²) in [6, 6.07) is 18.3. The van der Waals surface area contributed by atoms with Crippen LogP contribution >= 0.6 is 11.8 Å². The number of allylic oxidation sites excluding steroid dienone is 1. The van der Waals surface area contributed by atoms with Gasteiger partial charge in [0, 0.05) is 17.4 Å². The number of hydrogen-bond donors (Lipinski definition) is 1. The number of fused-ring (bicyclic) bond motifs is 1. The number of nitrogens with one attached hydrogen (secondary N) is 1. The maximum atomic E-state index is 12.3. The minimum atomic E-state index is -0.575. The van der Waals surface area contributed by atoms with E-state index in [1.54, 1.807) is 18.0 Å². The summed E-state index contributed by atoms with van der Waals surface area (Å²) >= 11 is 1.62. The van der Waals surface area contributed by atoms with Crippen LogP contribution in [0.1, 0.15) is 37.7 Å². The highest BCUT2D eigenvalue weighted by molar-refractivity contribution is 8.00. The Balaban J connectivity index is 1.45. The first-order valence-corrected chi connectivity index (χ1v) is 12.1. The molecule has 2 atom stereocenters. The molecule has 0 saturated carbocycles. The van der Waals surface area contributed by atoms with Crippen molar-refractivity contribution in [2.45, 2.75) is 44.6 Å². The maximum absolute atomic E-state index is 12.3. The first kappa shape index (κ1) is 22.3. The fourth-order valence-corrected chi connectivity index (χ4v) is 4.86. The lowest BCUT2D eigenvalue weighted by molar-refractivity contribution is -0.142. The smallest absolute Gasteiger partial charge is 0.319 e. The van der Waals surface area contributed by atoms with Crippen LogP contribution in [0.25, 0.3) is 11.0 Å². The highest BCUT2D eigenvalue weighted by Crippen LogP contribution is 2.31. The van der Waals surface area contributed by atoms with Crippen LogP contribution in [0.3, 0.4) is 0 Å². The van der Waals surface area contributed by atoms with E-state index in [4.69, 9.17) is 13.9 Å². The molecule has 0 bridgehead atoms. The Labute approximate surface area is 193 Å². The topological polar surface area (TPSA) is 60.7 Å². The van der Waals surface area contributed by atoms with Gasteiger partial charge in [0.05, 0.1) is 12.3 Å². The van der Waals surface area contributed by atoms with Crippen LogP contribution in [0.5, 0.6) is 0 Å². The first-order chi connectivity index (χ1) is 15.5. The Kier molecular flexibility index (Phi) is 6.80. The number of esters is 1. The van der Waals surface area contributed by atoms with Crippen molar-refractivity contribution in [2.75, 3.05) is 12.4 Å². The molecule has 5 nitrogen and oxygen atoms in total. The highest BCUT2D eigenvalue weighted by Gasteiger charge is 2.33. The van der Waals surface area contributed by atoms with Gasteiger partial charge in [0.1, 0.15) is 22.9 Å². The van der Waals surface area contributed by atoms with Crippen LogP contribution in [-0.2, 0) is 32.8 Å². The van der Waals surface area contributed by atoms with Crippen LogP contribution in [-0.4, -0.2) is 23.6 Å². The van der Waals surface area contributed by atoms with Crippen molar-refractivity contribution in [3.05, 3.63) is 83.4 Å². The average Bonchev–Trinajstić information content (AvgIpc) is 3.37. The number of furan rings is 1. The molecular weight excluding hydrogens is 422 g/mol. The number of carbonyl (C=O) groups is 1. The van der Waals surface area contributed by atoms with E-state index in [1.807, 2.05) is 56.3 Å². The lowest BCUT2D eigenvalue weighted by Crippen LogP contribution is -2.35. The fourth-order valence-electron chi connectivity index (χ4n) is 3.95. The second kappa shape index (κ2) is 9.74. The van der Waals surface area contributed by atoms with Crippen molar-refractivity contribution in [1.82, 2.24) is 5.32 Å². The third kappa shape index (κ3) is 4.96. The zero-order valence-electron chi connectivity index (χ0n) is 18.7. The van der Waals surface area contributed by atoms with Crippen molar-refractivity contribution in [1.29, 1.82) is 0 Å². The van der Waals surface area contributed by atoms with Gasteiger partial charge in [0.25, 0.3) is 0 Å². The molecule has 0 fully saturated rings. The molecular formula is C26H29NO4S. The zero-order chi connectivity index (χ0) is 22.6. The zero-order valence-corrected chi connectivity index (χ0v) is 19.5. The molecule has 0 amide bonds. The van der Waals surface area contributed by atoms with Gasteiger partial charge in [0.15, 0.2) is 0 Å². The van der Waals surface area contributed by atoms with Crippen molar-refractivity contribution in [2.24, 2.45) is 0 Å². The minimum Gasteiger partial charge on any atom is -0.470 e. The van der Waals surface area contributed by atoms with E-state index in [2.05, 4.69) is 24.4 Å². The summed E-state index contributed by atoms with van der Waals surface area (Å²) in [7, 11) is 0. The predicted molar refractivity (Wildman–Crippen MR) is 128 cm³/mol. The first-order valence-electron chi connectivity index (χ1n) is 11.0. The summed E-state index contributed by atoms with van der Waals surface area (Å²) in [5.74, 6) is 1.59. The Morgan fingerprint density at radius 1 is 1.16 bits per heavy atom. The molecule has 1 aliphatic rings. The molecule has 2 aromatic carbocycles. The molecule has 1 aliphatic heterocycles. The van der Waals surface area contributed by atoms with E-state index in [-0.39, 0.29) is 11.2 Å². The fraction of sp³-hybridized carbons (Fsp3) is 0.346. The standard InChI is InChI=1S/C26H29NO4S/c1-4-29-25(28)24(32-5-2)14-18-11-12-23-19(13-18)15-22(31-23)16-21-17-30-26(3,27-21)20-9-7-6-8-10-20/h6-13,15,17,24,27H,4-5,14,16H2,1-3H3. The van der Waals surface area contributed by atoms with Gasteiger partial charge in [-0.05, 0) is 49.8 Å². The highest BCUT2D eigenvalue weighted by atomic mass is 32.2. The second-order valence-electron chi connectivity index (χ2n) is 7.95. The second-order valence-corrected chi connectivity index (χ2v) is 9.43. The molecule has 6 heteroatoms. The lowest BCUT2D eigenvalue weighted by Gasteiger charge is -2.25. The molecule has 4 rings (SSSR count). The molecule has 1 N–H and O–H groups in total. The SMILES string of the molecule is CCOC(=O)C(Cc1ccc2oc(CC3=COC(C)(c4ccccc4)N3)cc2c1)SCC. The van der Waals surface area contributed by atoms with E-state index in [1.165, 1.54) is 0 Å². The van der Waals surface area contributed by atoms with Gasteiger partial charge >= 0.3 is 5.97 Å². The number of ether oxygens (including phenoxy) is 2. The minimum absolute atomic E-state index is 0.145. The number of carbonyl (C=O) groups excluding carboxylic acids is 1. The third-order valence-electron chi connectivity index (χ3n) is 5.50. The van der Waals surface area contributed by atoms with E-state index < -0.39 is 5.72 Å². The van der Waals surface area contributed by atoms with Crippen LogP contribution in [0.2, 0.25) is 0 Å². The summed E-state index contributed by atoms with van der Waals surface area (Å²) < 4.78 is 17.3. The Morgan fingerprint density at radius 3 is 2.72 bits per heavy atom. The molecule has 1 aromatic heterocycles. The molecule has 3 aromatic rings. The van der Waals surface area contributed by atoms with Crippen molar-refractivity contribution >= 4 is 28.7 Å². The normalized spacial score (nSPS) is 18.7. The average molecular weight is 452 g/mol. The summed E-state index contributed by atoms with van der Waals surface area (Å²) in [6.07, 6.45) is 3.03. The molecule has 0 radical (unpaired) electrons. The van der Waals surface area contributed by atoms with Gasteiger partial charge in [0.2, 0.25) is 5.72 Å². The van der Waals surface area contributed by atoms with Gasteiger partial charge in [-0.2, -0.15) is 0 Å². The summed E-state index contributed by atoms with van der Waals surface area (Å²) in [6.45, 7) is 6.32.